The lowest BCUT2D eigenvalue weighted by Gasteiger charge is -2.08. The lowest BCUT2D eigenvalue weighted by molar-refractivity contribution is 0.0699. The number of carbonyl (C=O) groups is 1. The van der Waals surface area contributed by atoms with Gasteiger partial charge in [0, 0.05) is 10.9 Å². The summed E-state index contributed by atoms with van der Waals surface area (Å²) in [5, 5.41) is 10.3. The van der Waals surface area contributed by atoms with E-state index in [0.29, 0.717) is 30.8 Å². The second kappa shape index (κ2) is 7.09. The van der Waals surface area contributed by atoms with Gasteiger partial charge in [-0.15, -0.1) is 11.3 Å². The molecule has 0 saturated carbocycles. The van der Waals surface area contributed by atoms with Gasteiger partial charge in [-0.25, -0.2) is 9.78 Å². The summed E-state index contributed by atoms with van der Waals surface area (Å²) in [7, 11) is 0. The Labute approximate surface area is 153 Å². The van der Waals surface area contributed by atoms with Gasteiger partial charge in [0.15, 0.2) is 0 Å². The number of hydrogen-bond acceptors (Lipinski definition) is 3. The Morgan fingerprint density at radius 3 is 2.67 bits per heavy atom. The van der Waals surface area contributed by atoms with Crippen LogP contribution in [0.25, 0.3) is 22.2 Å². The molecule has 24 heavy (non-hydrogen) atoms. The standard InChI is InChI=1S/C18H15Cl2NO2S/c1-2-3-4-10-5-6-14-11(7-10)12(18(22)23)8-15(21-14)13-9-16(19)24-17(13)20/h5-9H,2-4H2,1H3,(H,22,23). The number of unbranched alkanes of at least 4 members (excludes halogenated alkanes) is 1. The number of halogens is 2. The molecule has 0 fully saturated rings. The van der Waals surface area contributed by atoms with E-state index < -0.39 is 5.97 Å². The number of aryl methyl sites for hydroxylation is 1. The van der Waals surface area contributed by atoms with Crippen molar-refractivity contribution in [3.8, 4) is 11.3 Å². The van der Waals surface area contributed by atoms with Crippen molar-refractivity contribution in [2.45, 2.75) is 26.2 Å². The SMILES string of the molecule is CCCCc1ccc2nc(-c3cc(Cl)sc3Cl)cc(C(=O)O)c2c1. The maximum Gasteiger partial charge on any atom is 0.336 e. The lowest BCUT2D eigenvalue weighted by Crippen LogP contribution is -2.01. The first-order valence-corrected chi connectivity index (χ1v) is 9.19. The summed E-state index contributed by atoms with van der Waals surface area (Å²) >= 11 is 13.4. The molecule has 0 radical (unpaired) electrons. The summed E-state index contributed by atoms with van der Waals surface area (Å²) < 4.78 is 1.05. The van der Waals surface area contributed by atoms with Crippen LogP contribution in [0.4, 0.5) is 0 Å². The number of fused-ring (bicyclic) bond motifs is 1. The summed E-state index contributed by atoms with van der Waals surface area (Å²) in [5.41, 5.74) is 3.17. The molecule has 0 saturated heterocycles. The van der Waals surface area contributed by atoms with Crippen LogP contribution in [-0.4, -0.2) is 16.1 Å². The molecule has 0 spiro atoms. The molecular weight excluding hydrogens is 365 g/mol. The predicted molar refractivity (Wildman–Crippen MR) is 101 cm³/mol. The normalized spacial score (nSPS) is 11.1. The van der Waals surface area contributed by atoms with Gasteiger partial charge < -0.3 is 5.11 Å². The average Bonchev–Trinajstić information content (AvgIpc) is 2.90. The summed E-state index contributed by atoms with van der Waals surface area (Å²) in [5.74, 6) is -0.978. The molecule has 124 valence electrons. The molecule has 2 aromatic heterocycles. The molecule has 0 amide bonds. The van der Waals surface area contributed by atoms with Gasteiger partial charge in [-0.3, -0.25) is 0 Å². The number of carboxylic acid groups (broad SMARTS) is 1. The Bertz CT molecular complexity index is 921. The summed E-state index contributed by atoms with van der Waals surface area (Å²) in [6.45, 7) is 2.13. The summed E-state index contributed by atoms with van der Waals surface area (Å²) in [6, 6.07) is 9.08. The quantitative estimate of drug-likeness (QED) is 0.564. The number of pyridine rings is 1. The van der Waals surface area contributed by atoms with Crippen LogP contribution in [0.2, 0.25) is 8.67 Å². The van der Waals surface area contributed by atoms with Crippen molar-refractivity contribution in [2.75, 3.05) is 0 Å². The minimum Gasteiger partial charge on any atom is -0.478 e. The molecule has 1 aromatic carbocycles. The van der Waals surface area contributed by atoms with Crippen LogP contribution in [0.5, 0.6) is 0 Å². The van der Waals surface area contributed by atoms with Crippen LogP contribution >= 0.6 is 34.5 Å². The van der Waals surface area contributed by atoms with Crippen molar-refractivity contribution in [3.63, 3.8) is 0 Å². The van der Waals surface area contributed by atoms with E-state index in [2.05, 4.69) is 11.9 Å². The smallest absolute Gasteiger partial charge is 0.336 e. The number of thiophene rings is 1. The first-order chi connectivity index (χ1) is 11.5. The van der Waals surface area contributed by atoms with Crippen molar-refractivity contribution in [1.29, 1.82) is 0 Å². The van der Waals surface area contributed by atoms with Gasteiger partial charge in [0.05, 0.1) is 21.1 Å². The number of aromatic nitrogens is 1. The van der Waals surface area contributed by atoms with Crippen molar-refractivity contribution >= 4 is 51.4 Å². The molecular formula is C18H15Cl2NO2S. The minimum atomic E-state index is -0.978. The molecule has 0 atom stereocenters. The van der Waals surface area contributed by atoms with Gasteiger partial charge >= 0.3 is 5.97 Å². The van der Waals surface area contributed by atoms with Gasteiger partial charge in [0.2, 0.25) is 0 Å². The van der Waals surface area contributed by atoms with E-state index in [1.54, 1.807) is 12.1 Å². The number of aromatic carboxylic acids is 1. The molecule has 2 heterocycles. The van der Waals surface area contributed by atoms with E-state index in [-0.39, 0.29) is 5.56 Å². The fraction of sp³-hybridized carbons (Fsp3) is 0.222. The van der Waals surface area contributed by atoms with Crippen LogP contribution in [0.1, 0.15) is 35.7 Å². The van der Waals surface area contributed by atoms with E-state index in [1.165, 1.54) is 11.3 Å². The van der Waals surface area contributed by atoms with Gasteiger partial charge in [-0.2, -0.15) is 0 Å². The second-order valence-corrected chi connectivity index (χ2v) is 7.84. The Kier molecular flexibility index (Phi) is 5.09. The summed E-state index contributed by atoms with van der Waals surface area (Å²) in [6.07, 6.45) is 3.10. The van der Waals surface area contributed by atoms with Gasteiger partial charge in [0.1, 0.15) is 4.34 Å². The second-order valence-electron chi connectivity index (χ2n) is 5.55. The molecule has 0 unspecified atom stereocenters. The molecule has 3 aromatic rings. The first kappa shape index (κ1) is 17.2. The highest BCUT2D eigenvalue weighted by Crippen LogP contribution is 2.38. The number of hydrogen-bond donors (Lipinski definition) is 1. The van der Waals surface area contributed by atoms with E-state index in [0.717, 1.165) is 24.8 Å². The number of rotatable bonds is 5. The monoisotopic (exact) mass is 379 g/mol. The number of carboxylic acids is 1. The zero-order chi connectivity index (χ0) is 17.3. The molecule has 0 aliphatic rings. The Balaban J connectivity index is 2.18. The number of benzene rings is 1. The van der Waals surface area contributed by atoms with Gasteiger partial charge in [0.25, 0.3) is 0 Å². The van der Waals surface area contributed by atoms with Crippen LogP contribution in [-0.2, 0) is 6.42 Å². The van der Waals surface area contributed by atoms with Crippen molar-refractivity contribution in [2.24, 2.45) is 0 Å². The largest absolute Gasteiger partial charge is 0.478 e. The van der Waals surface area contributed by atoms with E-state index in [9.17, 15) is 9.90 Å². The molecule has 6 heteroatoms. The zero-order valence-corrected chi connectivity index (χ0v) is 15.3. The molecule has 1 N–H and O–H groups in total. The Hall–Kier alpha value is -1.62. The van der Waals surface area contributed by atoms with Gasteiger partial charge in [-0.1, -0.05) is 42.6 Å². The van der Waals surface area contributed by atoms with Crippen molar-refractivity contribution in [3.05, 3.63) is 50.1 Å². The number of nitrogens with zero attached hydrogens (tertiary/aromatic N) is 1. The van der Waals surface area contributed by atoms with Crippen molar-refractivity contribution in [1.82, 2.24) is 4.98 Å². The third-order valence-electron chi connectivity index (χ3n) is 3.86. The molecule has 3 rings (SSSR count). The van der Waals surface area contributed by atoms with Crippen LogP contribution in [0.3, 0.4) is 0 Å². The third-order valence-corrected chi connectivity index (χ3v) is 5.34. The molecule has 3 nitrogen and oxygen atoms in total. The maximum absolute atomic E-state index is 11.7. The lowest BCUT2D eigenvalue weighted by atomic mass is 10.0. The van der Waals surface area contributed by atoms with Gasteiger partial charge in [-0.05, 0) is 42.7 Å². The maximum atomic E-state index is 11.7. The van der Waals surface area contributed by atoms with Crippen LogP contribution in [0.15, 0.2) is 30.3 Å². The zero-order valence-electron chi connectivity index (χ0n) is 13.0. The van der Waals surface area contributed by atoms with E-state index in [4.69, 9.17) is 23.2 Å². The van der Waals surface area contributed by atoms with Crippen LogP contribution < -0.4 is 0 Å². The molecule has 0 bridgehead atoms. The third kappa shape index (κ3) is 3.41. The Morgan fingerprint density at radius 2 is 2.04 bits per heavy atom. The highest BCUT2D eigenvalue weighted by molar-refractivity contribution is 7.20. The highest BCUT2D eigenvalue weighted by Gasteiger charge is 2.16. The summed E-state index contributed by atoms with van der Waals surface area (Å²) in [4.78, 5) is 16.3. The fourth-order valence-corrected chi connectivity index (χ4v) is 4.12. The molecule has 0 aliphatic heterocycles. The average molecular weight is 380 g/mol. The first-order valence-electron chi connectivity index (χ1n) is 7.61. The van der Waals surface area contributed by atoms with E-state index in [1.807, 2.05) is 18.2 Å². The predicted octanol–water partition coefficient (Wildman–Crippen LogP) is 6.31. The molecule has 0 aliphatic carbocycles. The minimum absolute atomic E-state index is 0.228. The van der Waals surface area contributed by atoms with E-state index >= 15 is 0 Å². The fourth-order valence-electron chi connectivity index (χ4n) is 2.64. The van der Waals surface area contributed by atoms with Crippen molar-refractivity contribution < 1.29 is 9.90 Å². The topological polar surface area (TPSA) is 50.2 Å². The van der Waals surface area contributed by atoms with Crippen LogP contribution in [0, 0.1) is 0 Å². The Morgan fingerprint density at radius 1 is 1.25 bits per heavy atom. The highest BCUT2D eigenvalue weighted by atomic mass is 35.5.